The lowest BCUT2D eigenvalue weighted by atomic mass is 10.2. The molecule has 8 heteroatoms. The maximum Gasteiger partial charge on any atom is 0.243 e. The maximum atomic E-state index is 12.5. The number of carbonyl (C=O) groups excluding carboxylic acids is 1. The van der Waals surface area contributed by atoms with Gasteiger partial charge in [-0.25, -0.2) is 8.42 Å². The van der Waals surface area contributed by atoms with Gasteiger partial charge in [0.2, 0.25) is 15.9 Å². The van der Waals surface area contributed by atoms with Crippen molar-refractivity contribution in [1.82, 2.24) is 4.90 Å². The van der Waals surface area contributed by atoms with Gasteiger partial charge in [-0.2, -0.15) is 0 Å². The maximum absolute atomic E-state index is 12.5. The Bertz CT molecular complexity index is 902. The molecule has 0 fully saturated rings. The normalized spacial score (nSPS) is 11.1. The van der Waals surface area contributed by atoms with Gasteiger partial charge >= 0.3 is 0 Å². The van der Waals surface area contributed by atoms with E-state index in [1.807, 2.05) is 31.2 Å². The van der Waals surface area contributed by atoms with Gasteiger partial charge in [0, 0.05) is 12.1 Å². The van der Waals surface area contributed by atoms with Crippen LogP contribution in [0.25, 0.3) is 0 Å². The molecule has 0 aliphatic rings. The van der Waals surface area contributed by atoms with E-state index in [-0.39, 0.29) is 12.5 Å². The van der Waals surface area contributed by atoms with E-state index in [4.69, 9.17) is 16.3 Å². The van der Waals surface area contributed by atoms with Crippen LogP contribution in [0, 0.1) is 6.92 Å². The number of carbonyl (C=O) groups is 1. The Morgan fingerprint density at radius 1 is 1.15 bits per heavy atom. The van der Waals surface area contributed by atoms with Crippen molar-refractivity contribution in [2.24, 2.45) is 0 Å². The van der Waals surface area contributed by atoms with Crippen LogP contribution in [0.1, 0.15) is 5.56 Å². The summed E-state index contributed by atoms with van der Waals surface area (Å²) in [6, 6.07) is 14.0. The zero-order valence-corrected chi connectivity index (χ0v) is 17.1. The number of aryl methyl sites for hydroxylation is 1. The van der Waals surface area contributed by atoms with Crippen molar-refractivity contribution in [2.75, 3.05) is 37.3 Å². The number of amides is 1. The summed E-state index contributed by atoms with van der Waals surface area (Å²) >= 11 is 5.94. The molecular weight excluding hydrogens is 388 g/mol. The Balaban J connectivity index is 1.99. The summed E-state index contributed by atoms with van der Waals surface area (Å²) in [5.74, 6) is 0.420. The van der Waals surface area contributed by atoms with Crippen molar-refractivity contribution in [2.45, 2.75) is 6.92 Å². The van der Waals surface area contributed by atoms with Gasteiger partial charge in [0.1, 0.15) is 18.9 Å². The summed E-state index contributed by atoms with van der Waals surface area (Å²) in [6.07, 6.45) is 1.06. The number of nitrogens with zero attached hydrogens (tertiary/aromatic N) is 2. The fourth-order valence-corrected chi connectivity index (χ4v) is 3.44. The van der Waals surface area contributed by atoms with Crippen molar-refractivity contribution >= 4 is 33.2 Å². The highest BCUT2D eigenvalue weighted by molar-refractivity contribution is 7.92. The average molecular weight is 411 g/mol. The first-order valence-corrected chi connectivity index (χ1v) is 10.6. The number of halogens is 1. The van der Waals surface area contributed by atoms with E-state index in [0.29, 0.717) is 23.9 Å². The predicted octanol–water partition coefficient (Wildman–Crippen LogP) is 2.95. The summed E-state index contributed by atoms with van der Waals surface area (Å²) in [4.78, 5) is 13.9. The lowest BCUT2D eigenvalue weighted by Gasteiger charge is -2.25. The molecule has 0 radical (unpaired) electrons. The zero-order chi connectivity index (χ0) is 20.0. The molecule has 0 saturated heterocycles. The molecule has 0 aliphatic heterocycles. The van der Waals surface area contributed by atoms with Crippen LogP contribution in [0.5, 0.6) is 5.75 Å². The highest BCUT2D eigenvalue weighted by Gasteiger charge is 2.22. The number of sulfonamides is 1. The van der Waals surface area contributed by atoms with Crippen LogP contribution in [0.2, 0.25) is 5.02 Å². The van der Waals surface area contributed by atoms with Crippen LogP contribution in [-0.2, 0) is 14.8 Å². The van der Waals surface area contributed by atoms with Gasteiger partial charge in [-0.15, -0.1) is 0 Å². The molecule has 0 saturated carbocycles. The number of benzene rings is 2. The molecule has 27 heavy (non-hydrogen) atoms. The average Bonchev–Trinajstić information content (AvgIpc) is 2.60. The number of hydrogen-bond donors (Lipinski definition) is 0. The molecule has 0 heterocycles. The van der Waals surface area contributed by atoms with Crippen LogP contribution in [0.15, 0.2) is 48.5 Å². The summed E-state index contributed by atoms with van der Waals surface area (Å²) in [6.45, 7) is 2.28. The number of hydrogen-bond acceptors (Lipinski definition) is 4. The second kappa shape index (κ2) is 9.10. The Morgan fingerprint density at radius 2 is 1.85 bits per heavy atom. The first kappa shape index (κ1) is 21.1. The first-order chi connectivity index (χ1) is 12.7. The lowest BCUT2D eigenvalue weighted by Crippen LogP contribution is -2.42. The first-order valence-electron chi connectivity index (χ1n) is 8.34. The van der Waals surface area contributed by atoms with Gasteiger partial charge in [0.25, 0.3) is 0 Å². The molecule has 146 valence electrons. The van der Waals surface area contributed by atoms with Crippen molar-refractivity contribution in [3.63, 3.8) is 0 Å². The van der Waals surface area contributed by atoms with E-state index in [1.54, 1.807) is 25.2 Å². The topological polar surface area (TPSA) is 66.9 Å². The van der Waals surface area contributed by atoms with Crippen LogP contribution in [0.3, 0.4) is 0 Å². The molecule has 0 bridgehead atoms. The molecule has 1 amide bonds. The molecule has 6 nitrogen and oxygen atoms in total. The minimum Gasteiger partial charge on any atom is -0.491 e. The summed E-state index contributed by atoms with van der Waals surface area (Å²) in [5.41, 5.74) is 1.36. The van der Waals surface area contributed by atoms with Crippen molar-refractivity contribution in [3.8, 4) is 5.75 Å². The van der Waals surface area contributed by atoms with E-state index in [1.165, 1.54) is 11.0 Å². The van der Waals surface area contributed by atoms with Crippen LogP contribution in [0.4, 0.5) is 5.69 Å². The molecule has 2 aromatic rings. The number of ether oxygens (including phenoxy) is 1. The molecule has 0 aliphatic carbocycles. The molecule has 0 atom stereocenters. The number of rotatable bonds is 8. The Hall–Kier alpha value is -2.25. The molecule has 0 spiro atoms. The zero-order valence-electron chi connectivity index (χ0n) is 15.6. The minimum atomic E-state index is -3.64. The summed E-state index contributed by atoms with van der Waals surface area (Å²) in [7, 11) is -2.02. The SMILES string of the molecule is Cc1ccccc1OCCN(C)C(=O)CN(c1cccc(Cl)c1)S(C)(=O)=O. The smallest absolute Gasteiger partial charge is 0.243 e. The molecule has 0 N–H and O–H groups in total. The van der Waals surface area contributed by atoms with Gasteiger partial charge in [-0.1, -0.05) is 35.9 Å². The standard InChI is InChI=1S/C19H23ClN2O4S/c1-15-7-4-5-10-18(15)26-12-11-21(2)19(23)14-22(27(3,24)25)17-9-6-8-16(20)13-17/h4-10,13H,11-12,14H2,1-3H3. The van der Waals surface area contributed by atoms with E-state index >= 15 is 0 Å². The quantitative estimate of drug-likeness (QED) is 0.671. The Morgan fingerprint density at radius 3 is 2.48 bits per heavy atom. The number of para-hydroxylation sites is 1. The monoisotopic (exact) mass is 410 g/mol. The van der Waals surface area contributed by atoms with E-state index in [0.717, 1.165) is 21.9 Å². The van der Waals surface area contributed by atoms with Crippen molar-refractivity contribution in [3.05, 3.63) is 59.1 Å². The third-order valence-corrected chi connectivity index (χ3v) is 5.35. The van der Waals surface area contributed by atoms with Crippen molar-refractivity contribution in [1.29, 1.82) is 0 Å². The number of likely N-dealkylation sites (N-methyl/N-ethyl adjacent to an activating group) is 1. The lowest BCUT2D eigenvalue weighted by molar-refractivity contribution is -0.128. The highest BCUT2D eigenvalue weighted by atomic mass is 35.5. The molecule has 2 aromatic carbocycles. The predicted molar refractivity (Wildman–Crippen MR) is 108 cm³/mol. The third kappa shape index (κ3) is 6.15. The fourth-order valence-electron chi connectivity index (χ4n) is 2.41. The van der Waals surface area contributed by atoms with Gasteiger partial charge in [-0.3, -0.25) is 9.10 Å². The Kier molecular flexibility index (Phi) is 7.10. The molecule has 0 aromatic heterocycles. The van der Waals surface area contributed by atoms with Crippen LogP contribution in [-0.4, -0.2) is 52.2 Å². The fraction of sp³-hybridized carbons (Fsp3) is 0.316. The van der Waals surface area contributed by atoms with Gasteiger partial charge < -0.3 is 9.64 Å². The molecular formula is C19H23ClN2O4S. The highest BCUT2D eigenvalue weighted by Crippen LogP contribution is 2.22. The third-order valence-electron chi connectivity index (χ3n) is 3.98. The molecule has 2 rings (SSSR count). The molecule has 0 unspecified atom stereocenters. The van der Waals surface area contributed by atoms with E-state index in [2.05, 4.69) is 0 Å². The van der Waals surface area contributed by atoms with Gasteiger partial charge in [0.05, 0.1) is 18.5 Å². The van der Waals surface area contributed by atoms with Gasteiger partial charge in [-0.05, 0) is 36.8 Å². The van der Waals surface area contributed by atoms with Gasteiger partial charge in [0.15, 0.2) is 0 Å². The Labute approximate surface area is 165 Å². The summed E-state index contributed by atoms with van der Waals surface area (Å²) in [5, 5.41) is 0.397. The second-order valence-corrected chi connectivity index (χ2v) is 8.52. The van der Waals surface area contributed by atoms with Crippen LogP contribution >= 0.6 is 11.6 Å². The number of anilines is 1. The van der Waals surface area contributed by atoms with E-state index < -0.39 is 10.0 Å². The largest absolute Gasteiger partial charge is 0.491 e. The minimum absolute atomic E-state index is 0.306. The van der Waals surface area contributed by atoms with Crippen molar-refractivity contribution < 1.29 is 17.9 Å². The second-order valence-electron chi connectivity index (χ2n) is 6.18. The van der Waals surface area contributed by atoms with Crippen LogP contribution < -0.4 is 9.04 Å². The van der Waals surface area contributed by atoms with E-state index in [9.17, 15) is 13.2 Å². The summed E-state index contributed by atoms with van der Waals surface area (Å²) < 4.78 is 31.0.